The summed E-state index contributed by atoms with van der Waals surface area (Å²) in [5, 5.41) is 12.1. The molecule has 1 aromatic carbocycles. The van der Waals surface area contributed by atoms with Crippen LogP contribution in [-0.2, 0) is 0 Å². The molecule has 0 saturated heterocycles. The first-order valence-electron chi connectivity index (χ1n) is 5.20. The Kier molecular flexibility index (Phi) is 5.25. The van der Waals surface area contributed by atoms with Crippen LogP contribution in [0, 0.1) is 0 Å². The van der Waals surface area contributed by atoms with Gasteiger partial charge in [-0.3, -0.25) is 4.79 Å². The molecule has 1 rings (SSSR count). The second-order valence-corrected chi connectivity index (χ2v) is 4.38. The van der Waals surface area contributed by atoms with E-state index in [1.807, 2.05) is 0 Å². The van der Waals surface area contributed by atoms with Crippen molar-refractivity contribution >= 4 is 34.9 Å². The summed E-state index contributed by atoms with van der Waals surface area (Å²) < 4.78 is 0. The van der Waals surface area contributed by atoms with Gasteiger partial charge in [0.2, 0.25) is 0 Å². The maximum Gasteiger partial charge on any atom is 0.255 e. The largest absolute Gasteiger partial charge is 0.409 e. The third-order valence-corrected chi connectivity index (χ3v) is 2.86. The van der Waals surface area contributed by atoms with Crippen molar-refractivity contribution in [3.05, 3.63) is 33.8 Å². The van der Waals surface area contributed by atoms with Crippen LogP contribution in [0.3, 0.4) is 0 Å². The Morgan fingerprint density at radius 3 is 2.67 bits per heavy atom. The molecule has 0 spiro atoms. The lowest BCUT2D eigenvalue weighted by molar-refractivity contribution is 0.0786. The minimum Gasteiger partial charge on any atom is -0.409 e. The Bertz CT molecular complexity index is 477. The Balaban J connectivity index is 2.96. The quantitative estimate of drug-likeness (QED) is 0.386. The van der Waals surface area contributed by atoms with Crippen LogP contribution in [-0.4, -0.2) is 34.9 Å². The fourth-order valence-electron chi connectivity index (χ4n) is 1.39. The zero-order valence-electron chi connectivity index (χ0n) is 9.73. The first-order chi connectivity index (χ1) is 8.49. The zero-order valence-corrected chi connectivity index (χ0v) is 11.2. The molecule has 0 atom stereocenters. The van der Waals surface area contributed by atoms with E-state index >= 15 is 0 Å². The van der Waals surface area contributed by atoms with Crippen molar-refractivity contribution in [1.29, 1.82) is 0 Å². The molecule has 0 heterocycles. The predicted octanol–water partition coefficient (Wildman–Crippen LogP) is 2.20. The highest BCUT2D eigenvalue weighted by atomic mass is 35.5. The third kappa shape index (κ3) is 3.51. The SMILES string of the molecule is CCN(CC(N)=NO)C(=O)c1ccc(Cl)cc1Cl. The average Bonchev–Trinajstić information content (AvgIpc) is 2.34. The van der Waals surface area contributed by atoms with E-state index in [1.54, 1.807) is 19.1 Å². The van der Waals surface area contributed by atoms with E-state index in [-0.39, 0.29) is 23.3 Å². The van der Waals surface area contributed by atoms with E-state index < -0.39 is 0 Å². The molecule has 0 aliphatic rings. The van der Waals surface area contributed by atoms with Gasteiger partial charge in [0.15, 0.2) is 5.84 Å². The number of oxime groups is 1. The van der Waals surface area contributed by atoms with Crippen LogP contribution >= 0.6 is 23.2 Å². The smallest absolute Gasteiger partial charge is 0.255 e. The highest BCUT2D eigenvalue weighted by molar-refractivity contribution is 6.36. The van der Waals surface area contributed by atoms with E-state index in [0.717, 1.165) is 0 Å². The van der Waals surface area contributed by atoms with Crippen LogP contribution in [0.4, 0.5) is 0 Å². The van der Waals surface area contributed by atoms with Gasteiger partial charge in [-0.05, 0) is 25.1 Å². The summed E-state index contributed by atoms with van der Waals surface area (Å²) in [7, 11) is 0. The van der Waals surface area contributed by atoms with Gasteiger partial charge in [0.05, 0.1) is 17.1 Å². The van der Waals surface area contributed by atoms with Gasteiger partial charge < -0.3 is 15.8 Å². The molecule has 1 amide bonds. The van der Waals surface area contributed by atoms with Crippen LogP contribution < -0.4 is 5.73 Å². The molecule has 98 valence electrons. The number of hydrogen-bond donors (Lipinski definition) is 2. The molecule has 0 fully saturated rings. The summed E-state index contributed by atoms with van der Waals surface area (Å²) in [6.45, 7) is 2.23. The molecule has 5 nitrogen and oxygen atoms in total. The highest BCUT2D eigenvalue weighted by Crippen LogP contribution is 2.22. The molecule has 1 aromatic rings. The van der Waals surface area contributed by atoms with E-state index in [9.17, 15) is 4.79 Å². The lowest BCUT2D eigenvalue weighted by Gasteiger charge is -2.20. The van der Waals surface area contributed by atoms with Gasteiger partial charge in [-0.25, -0.2) is 0 Å². The van der Waals surface area contributed by atoms with Gasteiger partial charge in [-0.15, -0.1) is 0 Å². The lowest BCUT2D eigenvalue weighted by Crippen LogP contribution is -2.38. The topological polar surface area (TPSA) is 78.9 Å². The summed E-state index contributed by atoms with van der Waals surface area (Å²) >= 11 is 11.7. The first-order valence-corrected chi connectivity index (χ1v) is 5.96. The van der Waals surface area contributed by atoms with E-state index in [0.29, 0.717) is 17.1 Å². The zero-order chi connectivity index (χ0) is 13.7. The Morgan fingerprint density at radius 1 is 1.50 bits per heavy atom. The molecular formula is C11H13Cl2N3O2. The van der Waals surface area contributed by atoms with Gasteiger partial charge >= 0.3 is 0 Å². The van der Waals surface area contributed by atoms with Gasteiger partial charge in [-0.2, -0.15) is 0 Å². The Labute approximate surface area is 115 Å². The molecule has 0 aromatic heterocycles. The van der Waals surface area contributed by atoms with Crippen molar-refractivity contribution < 1.29 is 10.0 Å². The fourth-order valence-corrected chi connectivity index (χ4v) is 1.88. The summed E-state index contributed by atoms with van der Waals surface area (Å²) in [6, 6.07) is 4.62. The maximum atomic E-state index is 12.2. The standard InChI is InChI=1S/C11H13Cl2N3O2/c1-2-16(6-10(14)15-18)11(17)8-4-3-7(12)5-9(8)13/h3-5,18H,2,6H2,1H3,(H2,14,15). The van der Waals surface area contributed by atoms with Crippen molar-refractivity contribution in [2.75, 3.05) is 13.1 Å². The molecule has 0 aliphatic carbocycles. The molecular weight excluding hydrogens is 277 g/mol. The van der Waals surface area contributed by atoms with E-state index in [1.165, 1.54) is 11.0 Å². The number of amidine groups is 1. The van der Waals surface area contributed by atoms with Crippen molar-refractivity contribution in [2.24, 2.45) is 10.9 Å². The summed E-state index contributed by atoms with van der Waals surface area (Å²) in [4.78, 5) is 13.6. The second kappa shape index (κ2) is 6.47. The molecule has 0 unspecified atom stereocenters. The van der Waals surface area contributed by atoms with Crippen molar-refractivity contribution in [1.82, 2.24) is 4.90 Å². The van der Waals surface area contributed by atoms with Crippen LogP contribution in [0.2, 0.25) is 10.0 Å². The number of likely N-dealkylation sites (N-methyl/N-ethyl adjacent to an activating group) is 1. The number of hydrogen-bond acceptors (Lipinski definition) is 3. The van der Waals surface area contributed by atoms with Gasteiger partial charge in [0.1, 0.15) is 0 Å². The Hall–Kier alpha value is -1.46. The lowest BCUT2D eigenvalue weighted by atomic mass is 10.2. The summed E-state index contributed by atoms with van der Waals surface area (Å²) in [5.74, 6) is -0.346. The minimum atomic E-state index is -0.300. The molecule has 3 N–H and O–H groups in total. The van der Waals surface area contributed by atoms with Gasteiger partial charge in [0.25, 0.3) is 5.91 Å². The number of carbonyl (C=O) groups excluding carboxylic acids is 1. The van der Waals surface area contributed by atoms with Crippen molar-refractivity contribution in [3.63, 3.8) is 0 Å². The summed E-state index contributed by atoms with van der Waals surface area (Å²) in [5.41, 5.74) is 5.71. The van der Waals surface area contributed by atoms with Crippen molar-refractivity contribution in [2.45, 2.75) is 6.92 Å². The average molecular weight is 290 g/mol. The number of carbonyl (C=O) groups is 1. The fraction of sp³-hybridized carbons (Fsp3) is 0.273. The highest BCUT2D eigenvalue weighted by Gasteiger charge is 2.18. The van der Waals surface area contributed by atoms with Gasteiger partial charge in [0, 0.05) is 11.6 Å². The summed E-state index contributed by atoms with van der Waals surface area (Å²) in [6.07, 6.45) is 0. The molecule has 0 aliphatic heterocycles. The molecule has 0 bridgehead atoms. The normalized spacial score (nSPS) is 11.4. The van der Waals surface area contributed by atoms with Crippen LogP contribution in [0.25, 0.3) is 0 Å². The molecule has 18 heavy (non-hydrogen) atoms. The van der Waals surface area contributed by atoms with Crippen LogP contribution in [0.5, 0.6) is 0 Å². The predicted molar refractivity (Wildman–Crippen MR) is 71.4 cm³/mol. The molecule has 0 saturated carbocycles. The van der Waals surface area contributed by atoms with Crippen LogP contribution in [0.1, 0.15) is 17.3 Å². The second-order valence-electron chi connectivity index (χ2n) is 3.53. The van der Waals surface area contributed by atoms with Crippen molar-refractivity contribution in [3.8, 4) is 0 Å². The molecule has 0 radical (unpaired) electrons. The monoisotopic (exact) mass is 289 g/mol. The van der Waals surface area contributed by atoms with E-state index in [4.69, 9.17) is 34.1 Å². The number of amides is 1. The van der Waals surface area contributed by atoms with E-state index in [2.05, 4.69) is 5.16 Å². The molecule has 7 heteroatoms. The third-order valence-electron chi connectivity index (χ3n) is 2.31. The number of rotatable bonds is 4. The maximum absolute atomic E-state index is 12.2. The number of benzene rings is 1. The van der Waals surface area contributed by atoms with Crippen LogP contribution in [0.15, 0.2) is 23.4 Å². The number of halogens is 2. The first kappa shape index (κ1) is 14.6. The Morgan fingerprint density at radius 2 is 2.17 bits per heavy atom. The minimum absolute atomic E-state index is 0.0325. The number of nitrogens with zero attached hydrogens (tertiary/aromatic N) is 2. The number of nitrogens with two attached hydrogens (primary N) is 1. The van der Waals surface area contributed by atoms with Gasteiger partial charge in [-0.1, -0.05) is 28.4 Å².